The Balaban J connectivity index is 1.49. The van der Waals surface area contributed by atoms with E-state index < -0.39 is 28.0 Å². The zero-order chi connectivity index (χ0) is 24.0. The SMILES string of the molecule is CC(=O)c1ccc(S(=O)(=O)N2CCC(C(=O)O[C@@H](C)C(=O)NCc3ccccc3)CC2)cc1. The average molecular weight is 473 g/mol. The van der Waals surface area contributed by atoms with Gasteiger partial charge in [0.15, 0.2) is 11.9 Å². The number of hydrogen-bond acceptors (Lipinski definition) is 6. The number of carbonyl (C=O) groups is 3. The maximum atomic E-state index is 12.9. The summed E-state index contributed by atoms with van der Waals surface area (Å²) in [6.45, 7) is 3.62. The van der Waals surface area contributed by atoms with E-state index in [9.17, 15) is 22.8 Å². The van der Waals surface area contributed by atoms with Crippen LogP contribution < -0.4 is 5.32 Å². The molecule has 1 atom stereocenters. The number of esters is 1. The number of hydrogen-bond donors (Lipinski definition) is 1. The molecule has 0 bridgehead atoms. The van der Waals surface area contributed by atoms with Crippen molar-refractivity contribution in [2.45, 2.75) is 44.2 Å². The van der Waals surface area contributed by atoms with Gasteiger partial charge in [-0.2, -0.15) is 4.31 Å². The number of ether oxygens (including phenoxy) is 1. The second-order valence-electron chi connectivity index (χ2n) is 8.04. The molecular weight excluding hydrogens is 444 g/mol. The van der Waals surface area contributed by atoms with Crippen molar-refractivity contribution < 1.29 is 27.5 Å². The van der Waals surface area contributed by atoms with Crippen LogP contribution in [0, 0.1) is 5.92 Å². The van der Waals surface area contributed by atoms with Gasteiger partial charge in [0.1, 0.15) is 0 Å². The van der Waals surface area contributed by atoms with Crippen LogP contribution in [-0.2, 0) is 30.9 Å². The Morgan fingerprint density at radius 1 is 1.03 bits per heavy atom. The van der Waals surface area contributed by atoms with Crippen LogP contribution in [0.25, 0.3) is 0 Å². The average Bonchev–Trinajstić information content (AvgIpc) is 2.83. The van der Waals surface area contributed by atoms with Gasteiger partial charge in [-0.05, 0) is 44.4 Å². The summed E-state index contributed by atoms with van der Waals surface area (Å²) in [5, 5.41) is 2.74. The second-order valence-corrected chi connectivity index (χ2v) is 9.98. The van der Waals surface area contributed by atoms with Gasteiger partial charge in [0.05, 0.1) is 10.8 Å². The van der Waals surface area contributed by atoms with Crippen LogP contribution in [-0.4, -0.2) is 49.6 Å². The lowest BCUT2D eigenvalue weighted by Crippen LogP contribution is -2.42. The number of benzene rings is 2. The van der Waals surface area contributed by atoms with Crippen LogP contribution in [0.4, 0.5) is 0 Å². The van der Waals surface area contributed by atoms with Gasteiger partial charge in [0.2, 0.25) is 10.0 Å². The summed E-state index contributed by atoms with van der Waals surface area (Å²) in [4.78, 5) is 36.3. The van der Waals surface area contributed by atoms with Crippen molar-refractivity contribution >= 4 is 27.7 Å². The van der Waals surface area contributed by atoms with Crippen LogP contribution in [0.3, 0.4) is 0 Å². The van der Waals surface area contributed by atoms with Crippen molar-refractivity contribution in [2.24, 2.45) is 5.92 Å². The molecular formula is C24H28N2O6S. The number of Topliss-reactive ketones (excluding diaryl/α,β-unsaturated/α-hetero) is 1. The molecule has 0 saturated carbocycles. The van der Waals surface area contributed by atoms with E-state index in [0.717, 1.165) is 5.56 Å². The maximum Gasteiger partial charge on any atom is 0.309 e. The first kappa shape index (κ1) is 24.6. The van der Waals surface area contributed by atoms with Crippen molar-refractivity contribution in [1.29, 1.82) is 0 Å². The lowest BCUT2D eigenvalue weighted by atomic mass is 9.98. The molecule has 0 unspecified atom stereocenters. The molecule has 1 amide bonds. The summed E-state index contributed by atoms with van der Waals surface area (Å²) in [6.07, 6.45) is -0.327. The van der Waals surface area contributed by atoms with E-state index in [4.69, 9.17) is 4.74 Å². The third-order valence-electron chi connectivity index (χ3n) is 5.66. The molecule has 8 nitrogen and oxygen atoms in total. The molecule has 0 aromatic heterocycles. The van der Waals surface area contributed by atoms with Crippen LogP contribution in [0.1, 0.15) is 42.6 Å². The normalized spacial score (nSPS) is 16.1. The molecule has 1 saturated heterocycles. The number of ketones is 1. The van der Waals surface area contributed by atoms with E-state index in [1.54, 1.807) is 0 Å². The Morgan fingerprint density at radius 2 is 1.64 bits per heavy atom. The van der Waals surface area contributed by atoms with Gasteiger partial charge in [0, 0.05) is 25.2 Å². The van der Waals surface area contributed by atoms with E-state index >= 15 is 0 Å². The molecule has 33 heavy (non-hydrogen) atoms. The first-order valence-electron chi connectivity index (χ1n) is 10.8. The number of piperidine rings is 1. The largest absolute Gasteiger partial charge is 0.452 e. The molecule has 1 heterocycles. The number of amides is 1. The van der Waals surface area contributed by atoms with Crippen LogP contribution in [0.5, 0.6) is 0 Å². The summed E-state index contributed by atoms with van der Waals surface area (Å²) in [6, 6.07) is 15.2. The van der Waals surface area contributed by atoms with Gasteiger partial charge in [-0.25, -0.2) is 8.42 Å². The van der Waals surface area contributed by atoms with E-state index in [1.165, 1.54) is 42.4 Å². The first-order valence-corrected chi connectivity index (χ1v) is 12.3. The monoisotopic (exact) mass is 472 g/mol. The molecule has 176 valence electrons. The molecule has 3 rings (SSSR count). The predicted octanol–water partition coefficient (Wildman–Crippen LogP) is 2.54. The Hall–Kier alpha value is -3.04. The quantitative estimate of drug-likeness (QED) is 0.467. The number of nitrogens with zero attached hydrogens (tertiary/aromatic N) is 1. The fourth-order valence-corrected chi connectivity index (χ4v) is 5.06. The minimum atomic E-state index is -3.72. The molecule has 9 heteroatoms. The van der Waals surface area contributed by atoms with E-state index in [2.05, 4.69) is 5.32 Å². The molecule has 1 fully saturated rings. The van der Waals surface area contributed by atoms with Gasteiger partial charge in [-0.3, -0.25) is 14.4 Å². The minimum absolute atomic E-state index is 0.109. The molecule has 0 aliphatic carbocycles. The topological polar surface area (TPSA) is 110 Å². The number of carbonyl (C=O) groups excluding carboxylic acids is 3. The highest BCUT2D eigenvalue weighted by molar-refractivity contribution is 7.89. The zero-order valence-corrected chi connectivity index (χ0v) is 19.5. The third kappa shape index (κ3) is 6.27. The molecule has 1 aliphatic heterocycles. The van der Waals surface area contributed by atoms with Gasteiger partial charge in [-0.1, -0.05) is 42.5 Å². The number of sulfonamides is 1. The smallest absolute Gasteiger partial charge is 0.309 e. The van der Waals surface area contributed by atoms with Crippen LogP contribution in [0.15, 0.2) is 59.5 Å². The van der Waals surface area contributed by atoms with E-state index in [1.807, 2.05) is 30.3 Å². The van der Waals surface area contributed by atoms with E-state index in [-0.39, 0.29) is 29.7 Å². The number of rotatable bonds is 8. The standard InChI is InChI=1S/C24H28N2O6S/c1-17(27)20-8-10-22(11-9-20)33(30,31)26-14-12-21(13-15-26)24(29)32-18(2)23(28)25-16-19-6-4-3-5-7-19/h3-11,18,21H,12-16H2,1-2H3,(H,25,28)/t18-/m0/s1. The Kier molecular flexibility index (Phi) is 7.99. The van der Waals surface area contributed by atoms with Gasteiger partial charge in [0.25, 0.3) is 5.91 Å². The Labute approximate surface area is 194 Å². The lowest BCUT2D eigenvalue weighted by molar-refractivity contribution is -0.159. The molecule has 2 aromatic carbocycles. The molecule has 0 spiro atoms. The third-order valence-corrected chi connectivity index (χ3v) is 7.57. The fraction of sp³-hybridized carbons (Fsp3) is 0.375. The maximum absolute atomic E-state index is 12.9. The zero-order valence-electron chi connectivity index (χ0n) is 18.7. The summed E-state index contributed by atoms with van der Waals surface area (Å²) in [5.41, 5.74) is 1.38. The van der Waals surface area contributed by atoms with Crippen molar-refractivity contribution in [2.75, 3.05) is 13.1 Å². The van der Waals surface area contributed by atoms with E-state index in [0.29, 0.717) is 24.9 Å². The van der Waals surface area contributed by atoms with Crippen molar-refractivity contribution in [3.63, 3.8) is 0 Å². The highest BCUT2D eigenvalue weighted by Gasteiger charge is 2.34. The molecule has 0 radical (unpaired) electrons. The molecule has 1 aliphatic rings. The highest BCUT2D eigenvalue weighted by Crippen LogP contribution is 2.25. The predicted molar refractivity (Wildman–Crippen MR) is 122 cm³/mol. The van der Waals surface area contributed by atoms with Crippen molar-refractivity contribution in [3.8, 4) is 0 Å². The second kappa shape index (κ2) is 10.7. The molecule has 2 aromatic rings. The summed E-state index contributed by atoms with van der Waals surface area (Å²) in [5.74, 6) is -1.50. The number of nitrogens with one attached hydrogen (secondary N) is 1. The Morgan fingerprint density at radius 3 is 2.21 bits per heavy atom. The molecule has 1 N–H and O–H groups in total. The summed E-state index contributed by atoms with van der Waals surface area (Å²) in [7, 11) is -3.72. The van der Waals surface area contributed by atoms with Gasteiger partial charge in [-0.15, -0.1) is 0 Å². The van der Waals surface area contributed by atoms with Gasteiger partial charge < -0.3 is 10.1 Å². The first-order chi connectivity index (χ1) is 15.7. The van der Waals surface area contributed by atoms with Crippen LogP contribution in [0.2, 0.25) is 0 Å². The Bertz CT molecular complexity index is 1090. The fourth-order valence-electron chi connectivity index (χ4n) is 3.60. The lowest BCUT2D eigenvalue weighted by Gasteiger charge is -2.30. The summed E-state index contributed by atoms with van der Waals surface area (Å²) >= 11 is 0. The highest BCUT2D eigenvalue weighted by atomic mass is 32.2. The van der Waals surface area contributed by atoms with Crippen LogP contribution >= 0.6 is 0 Å². The minimum Gasteiger partial charge on any atom is -0.452 e. The van der Waals surface area contributed by atoms with Crippen molar-refractivity contribution in [1.82, 2.24) is 9.62 Å². The summed E-state index contributed by atoms with van der Waals surface area (Å²) < 4.78 is 32.4. The van der Waals surface area contributed by atoms with Crippen molar-refractivity contribution in [3.05, 3.63) is 65.7 Å². The van der Waals surface area contributed by atoms with Gasteiger partial charge >= 0.3 is 5.97 Å².